The van der Waals surface area contributed by atoms with Crippen LogP contribution in [-0.4, -0.2) is 10.1 Å². The highest BCUT2D eigenvalue weighted by atomic mass is 16.3. The summed E-state index contributed by atoms with van der Waals surface area (Å²) in [6, 6.07) is 12.9. The largest absolute Gasteiger partial charge is 0.507 e. The molecule has 0 spiro atoms. The molecule has 3 rings (SSSR count). The topological polar surface area (TPSA) is 59.1 Å². The van der Waals surface area contributed by atoms with E-state index < -0.39 is 0 Å². The van der Waals surface area contributed by atoms with Gasteiger partial charge in [-0.1, -0.05) is 24.3 Å². The monoisotopic (exact) mass is 210 g/mol. The maximum Gasteiger partial charge on any atom is 0.127 e. The predicted molar refractivity (Wildman–Crippen MR) is 65.3 cm³/mol. The first-order valence-electron chi connectivity index (χ1n) is 5.03. The second-order valence-corrected chi connectivity index (χ2v) is 3.71. The lowest BCUT2D eigenvalue weighted by Gasteiger charge is -2.07. The van der Waals surface area contributed by atoms with Gasteiger partial charge in [-0.05, 0) is 18.2 Å². The fourth-order valence-corrected chi connectivity index (χ4v) is 1.96. The third-order valence-electron chi connectivity index (χ3n) is 2.72. The Morgan fingerprint density at radius 1 is 0.938 bits per heavy atom. The molecule has 0 atom stereocenters. The van der Waals surface area contributed by atoms with Crippen LogP contribution in [0.15, 0.2) is 42.5 Å². The lowest BCUT2D eigenvalue weighted by molar-refractivity contribution is 0.482. The average molecular weight is 210 g/mol. The highest BCUT2D eigenvalue weighted by Crippen LogP contribution is 2.33. The molecule has 3 aromatic rings. The van der Waals surface area contributed by atoms with E-state index in [0.29, 0.717) is 11.1 Å². The molecule has 3 N–H and O–H groups in total. The number of fused-ring (bicyclic) bond motifs is 2. The van der Waals surface area contributed by atoms with Gasteiger partial charge in [0.15, 0.2) is 0 Å². The maximum atomic E-state index is 9.79. The van der Waals surface area contributed by atoms with Crippen LogP contribution in [0.5, 0.6) is 5.75 Å². The summed E-state index contributed by atoms with van der Waals surface area (Å²) in [6.45, 7) is 0. The van der Waals surface area contributed by atoms with Crippen LogP contribution in [0.4, 0.5) is 5.69 Å². The van der Waals surface area contributed by atoms with E-state index in [0.717, 1.165) is 16.4 Å². The van der Waals surface area contributed by atoms with Crippen molar-refractivity contribution >= 4 is 27.5 Å². The molecule has 0 saturated carbocycles. The zero-order valence-electron chi connectivity index (χ0n) is 8.51. The normalized spacial score (nSPS) is 11.0. The fourth-order valence-electron chi connectivity index (χ4n) is 1.96. The Kier molecular flexibility index (Phi) is 1.74. The molecule has 0 bridgehead atoms. The summed E-state index contributed by atoms with van der Waals surface area (Å²) in [6.07, 6.45) is 0. The number of nitrogens with two attached hydrogens (primary N) is 1. The zero-order valence-corrected chi connectivity index (χ0v) is 8.51. The van der Waals surface area contributed by atoms with Crippen LogP contribution < -0.4 is 5.73 Å². The minimum absolute atomic E-state index is 0.174. The Morgan fingerprint density at radius 3 is 2.56 bits per heavy atom. The molecule has 2 aromatic carbocycles. The van der Waals surface area contributed by atoms with E-state index >= 15 is 0 Å². The summed E-state index contributed by atoms with van der Waals surface area (Å²) in [4.78, 5) is 4.46. The number of phenolic OH excluding ortho intramolecular Hbond substituents is 1. The Morgan fingerprint density at radius 2 is 1.69 bits per heavy atom. The quantitative estimate of drug-likeness (QED) is 0.561. The van der Waals surface area contributed by atoms with Gasteiger partial charge in [0, 0.05) is 5.39 Å². The van der Waals surface area contributed by atoms with Gasteiger partial charge < -0.3 is 10.8 Å². The van der Waals surface area contributed by atoms with E-state index in [4.69, 9.17) is 5.73 Å². The van der Waals surface area contributed by atoms with Crippen molar-refractivity contribution in [1.29, 1.82) is 0 Å². The number of rotatable bonds is 0. The van der Waals surface area contributed by atoms with Crippen molar-refractivity contribution in [3.63, 3.8) is 0 Å². The van der Waals surface area contributed by atoms with Gasteiger partial charge >= 0.3 is 0 Å². The van der Waals surface area contributed by atoms with Gasteiger partial charge in [0.25, 0.3) is 0 Å². The number of benzene rings is 2. The fraction of sp³-hybridized carbons (Fsp3) is 0. The molecule has 0 radical (unpaired) electrons. The molecule has 0 fully saturated rings. The lowest BCUT2D eigenvalue weighted by Crippen LogP contribution is -1.92. The number of hydrogen-bond acceptors (Lipinski definition) is 3. The summed E-state index contributed by atoms with van der Waals surface area (Å²) in [5, 5.41) is 11.3. The standard InChI is InChI=1S/C13H10N2O/c14-13-8-4-1-2-5-9(8)15-10-6-3-7-11(16)12(10)13/h1-7,16H,(H2,14,15). The first-order valence-corrected chi connectivity index (χ1v) is 5.03. The molecule has 0 aliphatic heterocycles. The van der Waals surface area contributed by atoms with Crippen molar-refractivity contribution in [2.45, 2.75) is 0 Å². The molecule has 1 aromatic heterocycles. The SMILES string of the molecule is Nc1c2ccccc2nc2cccc(O)c12. The Hall–Kier alpha value is -2.29. The maximum absolute atomic E-state index is 9.79. The molecular formula is C13H10N2O. The molecule has 78 valence electrons. The average Bonchev–Trinajstić information content (AvgIpc) is 2.29. The summed E-state index contributed by atoms with van der Waals surface area (Å²) in [7, 11) is 0. The van der Waals surface area contributed by atoms with Crippen molar-refractivity contribution in [2.24, 2.45) is 0 Å². The number of phenols is 1. The number of nitrogen functional groups attached to an aromatic ring is 1. The molecule has 16 heavy (non-hydrogen) atoms. The van der Waals surface area contributed by atoms with E-state index in [2.05, 4.69) is 4.98 Å². The van der Waals surface area contributed by atoms with Crippen LogP contribution >= 0.6 is 0 Å². The van der Waals surface area contributed by atoms with Gasteiger partial charge in [-0.25, -0.2) is 4.98 Å². The molecule has 0 amide bonds. The van der Waals surface area contributed by atoms with E-state index in [1.807, 2.05) is 30.3 Å². The number of para-hydroxylation sites is 1. The smallest absolute Gasteiger partial charge is 0.127 e. The Bertz CT molecular complexity index is 692. The highest BCUT2D eigenvalue weighted by Gasteiger charge is 2.08. The minimum atomic E-state index is 0.174. The van der Waals surface area contributed by atoms with Crippen molar-refractivity contribution in [3.05, 3.63) is 42.5 Å². The number of aromatic nitrogens is 1. The molecule has 3 heteroatoms. The van der Waals surface area contributed by atoms with Crippen molar-refractivity contribution in [3.8, 4) is 5.75 Å². The molecule has 1 heterocycles. The van der Waals surface area contributed by atoms with Crippen LogP contribution in [-0.2, 0) is 0 Å². The van der Waals surface area contributed by atoms with Crippen molar-refractivity contribution in [2.75, 3.05) is 5.73 Å². The van der Waals surface area contributed by atoms with E-state index in [-0.39, 0.29) is 5.75 Å². The third-order valence-corrected chi connectivity index (χ3v) is 2.72. The second kappa shape index (κ2) is 3.10. The first-order chi connectivity index (χ1) is 7.77. The molecule has 0 aliphatic carbocycles. The molecule has 0 aliphatic rings. The van der Waals surface area contributed by atoms with Gasteiger partial charge in [0.1, 0.15) is 5.75 Å². The number of pyridine rings is 1. The van der Waals surface area contributed by atoms with Crippen LogP contribution in [0.1, 0.15) is 0 Å². The van der Waals surface area contributed by atoms with Crippen LogP contribution in [0.2, 0.25) is 0 Å². The number of nitrogens with zero attached hydrogens (tertiary/aromatic N) is 1. The summed E-state index contributed by atoms with van der Waals surface area (Å²) >= 11 is 0. The second-order valence-electron chi connectivity index (χ2n) is 3.71. The van der Waals surface area contributed by atoms with Gasteiger partial charge in [-0.3, -0.25) is 0 Å². The van der Waals surface area contributed by atoms with Gasteiger partial charge in [-0.2, -0.15) is 0 Å². The zero-order chi connectivity index (χ0) is 11.1. The van der Waals surface area contributed by atoms with Crippen LogP contribution in [0, 0.1) is 0 Å². The third kappa shape index (κ3) is 1.11. The van der Waals surface area contributed by atoms with E-state index in [1.165, 1.54) is 0 Å². The van der Waals surface area contributed by atoms with E-state index in [9.17, 15) is 5.11 Å². The number of anilines is 1. The summed E-state index contributed by atoms with van der Waals surface area (Å²) < 4.78 is 0. The Balaban J connectivity index is 2.62. The highest BCUT2D eigenvalue weighted by molar-refractivity contribution is 6.08. The van der Waals surface area contributed by atoms with Crippen molar-refractivity contribution in [1.82, 2.24) is 4.98 Å². The van der Waals surface area contributed by atoms with Crippen LogP contribution in [0.3, 0.4) is 0 Å². The predicted octanol–water partition coefficient (Wildman–Crippen LogP) is 2.68. The lowest BCUT2D eigenvalue weighted by atomic mass is 10.1. The molecule has 0 saturated heterocycles. The summed E-state index contributed by atoms with van der Waals surface area (Å²) in [5.74, 6) is 0.174. The van der Waals surface area contributed by atoms with Gasteiger partial charge in [-0.15, -0.1) is 0 Å². The van der Waals surface area contributed by atoms with Gasteiger partial charge in [0.2, 0.25) is 0 Å². The molecule has 0 unspecified atom stereocenters. The molecular weight excluding hydrogens is 200 g/mol. The Labute approximate surface area is 92.1 Å². The van der Waals surface area contributed by atoms with E-state index in [1.54, 1.807) is 12.1 Å². The van der Waals surface area contributed by atoms with Crippen LogP contribution in [0.25, 0.3) is 21.8 Å². The van der Waals surface area contributed by atoms with Crippen molar-refractivity contribution < 1.29 is 5.11 Å². The summed E-state index contributed by atoms with van der Waals surface area (Å²) in [5.41, 5.74) is 8.20. The number of hydrogen-bond donors (Lipinski definition) is 2. The minimum Gasteiger partial charge on any atom is -0.507 e. The molecule has 3 nitrogen and oxygen atoms in total. The first kappa shape index (κ1) is 8.97. The van der Waals surface area contributed by atoms with Gasteiger partial charge in [0.05, 0.1) is 22.1 Å². The number of aromatic hydroxyl groups is 1.